The number of hydrogen-bond acceptors (Lipinski definition) is 5. The van der Waals surface area contributed by atoms with Gasteiger partial charge in [-0.2, -0.15) is 0 Å². The predicted molar refractivity (Wildman–Crippen MR) is 97.8 cm³/mol. The van der Waals surface area contributed by atoms with Crippen LogP contribution in [0.2, 0.25) is 5.02 Å². The minimum Gasteiger partial charge on any atom is -0.486 e. The van der Waals surface area contributed by atoms with Crippen molar-refractivity contribution < 1.29 is 18.7 Å². The summed E-state index contributed by atoms with van der Waals surface area (Å²) in [6.07, 6.45) is 2.84. The summed E-state index contributed by atoms with van der Waals surface area (Å²) in [4.78, 5) is 20.6. The average Bonchev–Trinajstić information content (AvgIpc) is 2.68. The molecule has 0 unspecified atom stereocenters. The summed E-state index contributed by atoms with van der Waals surface area (Å²) in [6, 6.07) is 9.10. The number of nitrogens with one attached hydrogen (secondary N) is 1. The van der Waals surface area contributed by atoms with E-state index >= 15 is 0 Å². The van der Waals surface area contributed by atoms with Crippen LogP contribution in [0, 0.1) is 5.82 Å². The van der Waals surface area contributed by atoms with E-state index in [4.69, 9.17) is 21.1 Å². The molecule has 1 N–H and O–H groups in total. The number of anilines is 1. The highest BCUT2D eigenvalue weighted by molar-refractivity contribution is 6.33. The summed E-state index contributed by atoms with van der Waals surface area (Å²) in [5, 5.41) is 2.95. The molecule has 2 heterocycles. The van der Waals surface area contributed by atoms with E-state index in [2.05, 4.69) is 15.3 Å². The van der Waals surface area contributed by atoms with Crippen molar-refractivity contribution in [2.75, 3.05) is 18.5 Å². The van der Waals surface area contributed by atoms with Gasteiger partial charge in [0.15, 0.2) is 17.3 Å². The molecule has 136 valence electrons. The number of aromatic nitrogens is 2. The molecule has 0 fully saturated rings. The Morgan fingerprint density at radius 1 is 1.07 bits per heavy atom. The van der Waals surface area contributed by atoms with E-state index in [1.165, 1.54) is 30.6 Å². The Balaban J connectivity index is 1.56. The van der Waals surface area contributed by atoms with Crippen LogP contribution in [0.3, 0.4) is 0 Å². The Morgan fingerprint density at radius 2 is 1.81 bits per heavy atom. The molecule has 0 saturated heterocycles. The van der Waals surface area contributed by atoms with Crippen molar-refractivity contribution >= 4 is 23.3 Å². The molecule has 1 aliphatic rings. The Bertz CT molecular complexity index is 1010. The second-order valence-electron chi connectivity index (χ2n) is 5.70. The van der Waals surface area contributed by atoms with Crippen LogP contribution in [0.15, 0.2) is 48.8 Å². The Hall–Kier alpha value is -3.19. The van der Waals surface area contributed by atoms with Gasteiger partial charge in [0, 0.05) is 11.6 Å². The molecule has 8 heteroatoms. The summed E-state index contributed by atoms with van der Waals surface area (Å²) in [5.41, 5.74) is 1.06. The molecule has 1 aromatic heterocycles. The van der Waals surface area contributed by atoms with E-state index in [0.29, 0.717) is 41.0 Å². The Morgan fingerprint density at radius 3 is 2.52 bits per heavy atom. The van der Waals surface area contributed by atoms with E-state index in [1.807, 2.05) is 0 Å². The molecule has 0 atom stereocenters. The standard InChI is InChI=1S/C19H13ClFN3O3/c20-13-8-17-16(26-5-6-27-17)7-12(13)15-9-23-18(10-22-15)24-19(25)11-3-1-2-4-14(11)21/h1-4,7-10H,5-6H2,(H,23,24,25). The molecular weight excluding hydrogens is 373 g/mol. The van der Waals surface area contributed by atoms with Crippen molar-refractivity contribution in [3.8, 4) is 22.8 Å². The maximum absolute atomic E-state index is 13.7. The van der Waals surface area contributed by atoms with Crippen LogP contribution in [-0.2, 0) is 0 Å². The molecule has 6 nitrogen and oxygen atoms in total. The normalized spacial score (nSPS) is 12.5. The number of rotatable bonds is 3. The maximum atomic E-state index is 13.7. The van der Waals surface area contributed by atoms with E-state index in [9.17, 15) is 9.18 Å². The number of ether oxygens (including phenoxy) is 2. The maximum Gasteiger partial charge on any atom is 0.259 e. The first-order chi connectivity index (χ1) is 13.1. The molecule has 4 rings (SSSR count). The van der Waals surface area contributed by atoms with Crippen LogP contribution >= 0.6 is 11.6 Å². The zero-order valence-electron chi connectivity index (χ0n) is 13.9. The molecule has 0 radical (unpaired) electrons. The van der Waals surface area contributed by atoms with Crippen LogP contribution in [0.5, 0.6) is 11.5 Å². The van der Waals surface area contributed by atoms with Gasteiger partial charge in [-0.15, -0.1) is 0 Å². The lowest BCUT2D eigenvalue weighted by atomic mass is 10.1. The van der Waals surface area contributed by atoms with Crippen LogP contribution in [0.4, 0.5) is 10.2 Å². The van der Waals surface area contributed by atoms with Crippen LogP contribution in [0.25, 0.3) is 11.3 Å². The molecule has 1 amide bonds. The number of benzene rings is 2. The molecule has 0 bridgehead atoms. The van der Waals surface area contributed by atoms with Gasteiger partial charge in [-0.05, 0) is 18.2 Å². The summed E-state index contributed by atoms with van der Waals surface area (Å²) in [6.45, 7) is 0.930. The van der Waals surface area contributed by atoms with Gasteiger partial charge in [-0.1, -0.05) is 23.7 Å². The second-order valence-corrected chi connectivity index (χ2v) is 6.10. The minimum absolute atomic E-state index is 0.0711. The minimum atomic E-state index is -0.609. The first kappa shape index (κ1) is 17.2. The highest BCUT2D eigenvalue weighted by Gasteiger charge is 2.17. The van der Waals surface area contributed by atoms with Crippen molar-refractivity contribution in [1.82, 2.24) is 9.97 Å². The fourth-order valence-corrected chi connectivity index (χ4v) is 2.87. The van der Waals surface area contributed by atoms with Gasteiger partial charge in [0.1, 0.15) is 19.0 Å². The van der Waals surface area contributed by atoms with Crippen molar-refractivity contribution in [3.05, 3.63) is 65.2 Å². The van der Waals surface area contributed by atoms with E-state index in [0.717, 1.165) is 0 Å². The van der Waals surface area contributed by atoms with Crippen molar-refractivity contribution in [1.29, 1.82) is 0 Å². The molecule has 0 saturated carbocycles. The number of carbonyl (C=O) groups is 1. The van der Waals surface area contributed by atoms with Crippen molar-refractivity contribution in [2.24, 2.45) is 0 Å². The molecule has 1 aliphatic heterocycles. The zero-order valence-corrected chi connectivity index (χ0v) is 14.7. The van der Waals surface area contributed by atoms with Gasteiger partial charge >= 0.3 is 0 Å². The van der Waals surface area contributed by atoms with Gasteiger partial charge in [0.2, 0.25) is 0 Å². The largest absolute Gasteiger partial charge is 0.486 e. The lowest BCUT2D eigenvalue weighted by Crippen LogP contribution is -2.15. The van der Waals surface area contributed by atoms with E-state index < -0.39 is 11.7 Å². The number of amides is 1. The highest BCUT2D eigenvalue weighted by atomic mass is 35.5. The third-order valence-electron chi connectivity index (χ3n) is 3.92. The number of fused-ring (bicyclic) bond motifs is 1. The Kier molecular flexibility index (Phi) is 4.60. The third kappa shape index (κ3) is 3.54. The number of hydrogen-bond donors (Lipinski definition) is 1. The molecule has 0 spiro atoms. The molecule has 3 aromatic rings. The third-order valence-corrected chi connectivity index (χ3v) is 4.23. The van der Waals surface area contributed by atoms with E-state index in [1.54, 1.807) is 18.2 Å². The Labute approximate surface area is 158 Å². The molecule has 2 aromatic carbocycles. The molecule has 0 aliphatic carbocycles. The predicted octanol–water partition coefficient (Wildman–Crippen LogP) is 3.96. The van der Waals surface area contributed by atoms with Gasteiger partial charge in [0.05, 0.1) is 28.7 Å². The monoisotopic (exact) mass is 385 g/mol. The highest BCUT2D eigenvalue weighted by Crippen LogP contribution is 2.39. The lowest BCUT2D eigenvalue weighted by Gasteiger charge is -2.19. The topological polar surface area (TPSA) is 73.3 Å². The summed E-state index contributed by atoms with van der Waals surface area (Å²) >= 11 is 6.30. The van der Waals surface area contributed by atoms with Gasteiger partial charge in [-0.3, -0.25) is 9.78 Å². The summed E-state index contributed by atoms with van der Waals surface area (Å²) in [7, 11) is 0. The second kappa shape index (κ2) is 7.20. The quantitative estimate of drug-likeness (QED) is 0.738. The fraction of sp³-hybridized carbons (Fsp3) is 0.105. The van der Waals surface area contributed by atoms with Crippen molar-refractivity contribution in [3.63, 3.8) is 0 Å². The SMILES string of the molecule is O=C(Nc1cnc(-c2cc3c(cc2Cl)OCCO3)cn1)c1ccccc1F. The van der Waals surface area contributed by atoms with E-state index in [-0.39, 0.29) is 11.4 Å². The first-order valence-corrected chi connectivity index (χ1v) is 8.47. The summed E-state index contributed by atoms with van der Waals surface area (Å²) in [5.74, 6) is 0.145. The zero-order chi connectivity index (χ0) is 18.8. The fourth-order valence-electron chi connectivity index (χ4n) is 2.62. The van der Waals surface area contributed by atoms with Gasteiger partial charge in [-0.25, -0.2) is 9.37 Å². The smallest absolute Gasteiger partial charge is 0.259 e. The van der Waals surface area contributed by atoms with Crippen LogP contribution in [-0.4, -0.2) is 29.1 Å². The van der Waals surface area contributed by atoms with Crippen LogP contribution < -0.4 is 14.8 Å². The molecular formula is C19H13ClFN3O3. The summed E-state index contributed by atoms with van der Waals surface area (Å²) < 4.78 is 24.7. The number of nitrogens with zero attached hydrogens (tertiary/aromatic N) is 2. The van der Waals surface area contributed by atoms with Crippen LogP contribution in [0.1, 0.15) is 10.4 Å². The van der Waals surface area contributed by atoms with Gasteiger partial charge in [0.25, 0.3) is 5.91 Å². The average molecular weight is 386 g/mol. The number of carbonyl (C=O) groups excluding carboxylic acids is 1. The first-order valence-electron chi connectivity index (χ1n) is 8.09. The number of halogens is 2. The van der Waals surface area contributed by atoms with Gasteiger partial charge < -0.3 is 14.8 Å². The lowest BCUT2D eigenvalue weighted by molar-refractivity contribution is 0.102. The molecule has 27 heavy (non-hydrogen) atoms. The van der Waals surface area contributed by atoms with Crippen molar-refractivity contribution in [2.45, 2.75) is 0 Å².